The zero-order valence-electron chi connectivity index (χ0n) is 14.0. The van der Waals surface area contributed by atoms with Gasteiger partial charge in [0.1, 0.15) is 11.5 Å². The average Bonchev–Trinajstić information content (AvgIpc) is 2.46. The summed E-state index contributed by atoms with van der Waals surface area (Å²) < 4.78 is 10.5. The third-order valence-electron chi connectivity index (χ3n) is 3.51. The molecule has 0 saturated heterocycles. The summed E-state index contributed by atoms with van der Waals surface area (Å²) in [6.07, 6.45) is 1.54. The summed E-state index contributed by atoms with van der Waals surface area (Å²) in [5.41, 5.74) is 6.19. The molecule has 2 N–H and O–H groups in total. The number of likely N-dealkylation sites (N-methyl/N-ethyl adjacent to an activating group) is 1. The highest BCUT2D eigenvalue weighted by atomic mass is 35.5. The number of halogens is 1. The molecule has 126 valence electrons. The zero-order valence-corrected chi connectivity index (χ0v) is 14.8. The molecule has 0 fully saturated rings. The van der Waals surface area contributed by atoms with Crippen LogP contribution in [0.3, 0.4) is 0 Å². The Bertz CT molecular complexity index is 492. The molecule has 5 nitrogen and oxygen atoms in total. The number of nitrogens with zero attached hydrogens (tertiary/aromatic N) is 1. The Balaban J connectivity index is 0.00000441. The van der Waals surface area contributed by atoms with E-state index < -0.39 is 5.54 Å². The van der Waals surface area contributed by atoms with Gasteiger partial charge in [-0.3, -0.25) is 4.79 Å². The first-order valence-electron chi connectivity index (χ1n) is 7.11. The van der Waals surface area contributed by atoms with Gasteiger partial charge in [-0.05, 0) is 25.5 Å². The lowest BCUT2D eigenvalue weighted by molar-refractivity contribution is -0.135. The minimum atomic E-state index is -0.830. The van der Waals surface area contributed by atoms with Crippen LogP contribution >= 0.6 is 12.4 Å². The second-order valence-electron chi connectivity index (χ2n) is 5.51. The van der Waals surface area contributed by atoms with E-state index >= 15 is 0 Å². The SMILES string of the molecule is CCCC(C)(N)C(=O)N(C)Cc1ccc(OC)cc1OC.Cl. The van der Waals surface area contributed by atoms with Crippen LogP contribution in [0.2, 0.25) is 0 Å². The predicted molar refractivity (Wildman–Crippen MR) is 90.8 cm³/mol. The van der Waals surface area contributed by atoms with E-state index in [2.05, 4.69) is 0 Å². The Hall–Kier alpha value is -1.46. The van der Waals surface area contributed by atoms with E-state index in [1.54, 1.807) is 39.2 Å². The molecule has 1 rings (SSSR count). The third-order valence-corrected chi connectivity index (χ3v) is 3.51. The number of amides is 1. The monoisotopic (exact) mass is 330 g/mol. The van der Waals surface area contributed by atoms with Crippen LogP contribution in [0, 0.1) is 0 Å². The van der Waals surface area contributed by atoms with E-state index in [4.69, 9.17) is 15.2 Å². The predicted octanol–water partition coefficient (Wildman–Crippen LogP) is 2.60. The second kappa shape index (κ2) is 8.86. The number of nitrogens with two attached hydrogens (primary N) is 1. The van der Waals surface area contributed by atoms with E-state index in [0.29, 0.717) is 18.7 Å². The minimum Gasteiger partial charge on any atom is -0.497 e. The Morgan fingerprint density at radius 1 is 1.32 bits per heavy atom. The van der Waals surface area contributed by atoms with Gasteiger partial charge in [-0.15, -0.1) is 12.4 Å². The summed E-state index contributed by atoms with van der Waals surface area (Å²) in [4.78, 5) is 14.1. The minimum absolute atomic E-state index is 0. The molecular formula is C16H27ClN2O3. The van der Waals surface area contributed by atoms with Crippen molar-refractivity contribution in [3.05, 3.63) is 23.8 Å². The number of carbonyl (C=O) groups is 1. The third kappa shape index (κ3) is 5.07. The highest BCUT2D eigenvalue weighted by molar-refractivity contribution is 5.85. The summed E-state index contributed by atoms with van der Waals surface area (Å²) in [6.45, 7) is 4.24. The van der Waals surface area contributed by atoms with E-state index in [1.807, 2.05) is 19.1 Å². The van der Waals surface area contributed by atoms with Crippen LogP contribution in [0.1, 0.15) is 32.3 Å². The lowest BCUT2D eigenvalue weighted by Gasteiger charge is -2.29. The average molecular weight is 331 g/mol. The second-order valence-corrected chi connectivity index (χ2v) is 5.51. The van der Waals surface area contributed by atoms with Crippen molar-refractivity contribution in [2.24, 2.45) is 5.73 Å². The largest absolute Gasteiger partial charge is 0.497 e. The van der Waals surface area contributed by atoms with Gasteiger partial charge in [-0.1, -0.05) is 13.3 Å². The van der Waals surface area contributed by atoms with Crippen molar-refractivity contribution in [3.8, 4) is 11.5 Å². The van der Waals surface area contributed by atoms with Crippen molar-refractivity contribution in [2.45, 2.75) is 38.8 Å². The molecule has 1 unspecified atom stereocenters. The summed E-state index contributed by atoms with van der Waals surface area (Å²) >= 11 is 0. The maximum Gasteiger partial charge on any atom is 0.242 e. The van der Waals surface area contributed by atoms with Gasteiger partial charge < -0.3 is 20.1 Å². The van der Waals surface area contributed by atoms with Gasteiger partial charge in [0.2, 0.25) is 5.91 Å². The van der Waals surface area contributed by atoms with Crippen molar-refractivity contribution in [1.29, 1.82) is 0 Å². The molecular weight excluding hydrogens is 304 g/mol. The molecule has 1 atom stereocenters. The highest BCUT2D eigenvalue weighted by Crippen LogP contribution is 2.26. The summed E-state index contributed by atoms with van der Waals surface area (Å²) in [7, 11) is 4.96. The van der Waals surface area contributed by atoms with Crippen LogP contribution in [0.15, 0.2) is 18.2 Å². The maximum atomic E-state index is 12.4. The lowest BCUT2D eigenvalue weighted by atomic mass is 9.95. The normalized spacial score (nSPS) is 12.8. The molecule has 0 aliphatic carbocycles. The molecule has 1 aromatic carbocycles. The molecule has 0 heterocycles. The molecule has 0 aromatic heterocycles. The van der Waals surface area contributed by atoms with Crippen LogP contribution in [0.5, 0.6) is 11.5 Å². The number of ether oxygens (including phenoxy) is 2. The Morgan fingerprint density at radius 3 is 2.45 bits per heavy atom. The quantitative estimate of drug-likeness (QED) is 0.834. The van der Waals surface area contributed by atoms with Gasteiger partial charge in [0, 0.05) is 25.2 Å². The summed E-state index contributed by atoms with van der Waals surface area (Å²) in [6, 6.07) is 5.56. The van der Waals surface area contributed by atoms with Crippen LogP contribution in [-0.2, 0) is 11.3 Å². The van der Waals surface area contributed by atoms with Crippen molar-refractivity contribution in [1.82, 2.24) is 4.90 Å². The molecule has 6 heteroatoms. The number of hydrogen-bond acceptors (Lipinski definition) is 4. The molecule has 1 aromatic rings. The van der Waals surface area contributed by atoms with Crippen molar-refractivity contribution in [3.63, 3.8) is 0 Å². The molecule has 0 radical (unpaired) electrons. The Morgan fingerprint density at radius 2 is 1.95 bits per heavy atom. The standard InChI is InChI=1S/C16H26N2O3.ClH/c1-6-9-16(2,17)15(19)18(3)11-12-7-8-13(20-4)10-14(12)21-5;/h7-8,10H,6,9,11,17H2,1-5H3;1H. The fourth-order valence-electron chi connectivity index (χ4n) is 2.37. The van der Waals surface area contributed by atoms with Gasteiger partial charge in [0.15, 0.2) is 0 Å². The lowest BCUT2D eigenvalue weighted by Crippen LogP contribution is -2.51. The zero-order chi connectivity index (χ0) is 16.0. The molecule has 0 aliphatic rings. The number of methoxy groups -OCH3 is 2. The number of benzene rings is 1. The first kappa shape index (κ1) is 20.5. The molecule has 0 bridgehead atoms. The van der Waals surface area contributed by atoms with Gasteiger partial charge in [-0.25, -0.2) is 0 Å². The van der Waals surface area contributed by atoms with Crippen LogP contribution in [0.4, 0.5) is 0 Å². The first-order valence-corrected chi connectivity index (χ1v) is 7.11. The van der Waals surface area contributed by atoms with E-state index in [9.17, 15) is 4.79 Å². The van der Waals surface area contributed by atoms with Gasteiger partial charge in [0.25, 0.3) is 0 Å². The van der Waals surface area contributed by atoms with Crippen LogP contribution < -0.4 is 15.2 Å². The molecule has 1 amide bonds. The molecule has 0 saturated carbocycles. The van der Waals surface area contributed by atoms with Gasteiger partial charge in [0.05, 0.1) is 19.8 Å². The molecule has 0 aliphatic heterocycles. The van der Waals surface area contributed by atoms with Crippen molar-refractivity contribution >= 4 is 18.3 Å². The first-order chi connectivity index (χ1) is 9.85. The van der Waals surface area contributed by atoms with Gasteiger partial charge in [-0.2, -0.15) is 0 Å². The number of rotatable bonds is 7. The van der Waals surface area contributed by atoms with Crippen molar-refractivity contribution < 1.29 is 14.3 Å². The summed E-state index contributed by atoms with van der Waals surface area (Å²) in [5, 5.41) is 0. The number of carbonyl (C=O) groups excluding carboxylic acids is 1. The van der Waals surface area contributed by atoms with Crippen molar-refractivity contribution in [2.75, 3.05) is 21.3 Å². The summed E-state index contributed by atoms with van der Waals surface area (Å²) in [5.74, 6) is 1.35. The molecule has 0 spiro atoms. The van der Waals surface area contributed by atoms with E-state index in [-0.39, 0.29) is 18.3 Å². The molecule has 22 heavy (non-hydrogen) atoms. The van der Waals surface area contributed by atoms with Gasteiger partial charge >= 0.3 is 0 Å². The van der Waals surface area contributed by atoms with E-state index in [0.717, 1.165) is 17.7 Å². The maximum absolute atomic E-state index is 12.4. The fraction of sp³-hybridized carbons (Fsp3) is 0.562. The number of hydrogen-bond donors (Lipinski definition) is 1. The smallest absolute Gasteiger partial charge is 0.242 e. The topological polar surface area (TPSA) is 64.8 Å². The Labute approximate surface area is 139 Å². The van der Waals surface area contributed by atoms with E-state index in [1.165, 1.54) is 0 Å². The highest BCUT2D eigenvalue weighted by Gasteiger charge is 2.30. The Kier molecular flexibility index (Phi) is 8.27. The van der Waals surface area contributed by atoms with Crippen LogP contribution in [-0.4, -0.2) is 37.6 Å². The fourth-order valence-corrected chi connectivity index (χ4v) is 2.37. The van der Waals surface area contributed by atoms with Crippen LogP contribution in [0.25, 0.3) is 0 Å².